The topological polar surface area (TPSA) is 65.6 Å². The van der Waals surface area contributed by atoms with Gasteiger partial charge < -0.3 is 14.8 Å². The van der Waals surface area contributed by atoms with Gasteiger partial charge in [0, 0.05) is 30.2 Å². The van der Waals surface area contributed by atoms with Crippen LogP contribution < -0.4 is 0 Å². The van der Waals surface area contributed by atoms with E-state index in [4.69, 9.17) is 9.84 Å². The fraction of sp³-hybridized carbons (Fsp3) is 0.312. The lowest BCUT2D eigenvalue weighted by Crippen LogP contribution is -2.32. The van der Waals surface area contributed by atoms with Gasteiger partial charge in [-0.3, -0.25) is 4.90 Å². The summed E-state index contributed by atoms with van der Waals surface area (Å²) >= 11 is 0. The van der Waals surface area contributed by atoms with Crippen LogP contribution in [-0.4, -0.2) is 40.8 Å². The van der Waals surface area contributed by atoms with Gasteiger partial charge in [0.15, 0.2) is 0 Å². The van der Waals surface area contributed by atoms with Crippen LogP contribution in [0.25, 0.3) is 10.9 Å². The Balaban J connectivity index is 1.60. The van der Waals surface area contributed by atoms with E-state index in [0.717, 1.165) is 31.4 Å². The zero-order valence-electron chi connectivity index (χ0n) is 11.7. The van der Waals surface area contributed by atoms with Gasteiger partial charge in [0.25, 0.3) is 0 Å². The van der Waals surface area contributed by atoms with Crippen LogP contribution in [0.5, 0.6) is 0 Å². The van der Waals surface area contributed by atoms with Gasteiger partial charge in [0.2, 0.25) is 0 Å². The maximum Gasteiger partial charge on any atom is 0.511 e. The molecule has 2 N–H and O–H groups in total. The minimum Gasteiger partial charge on any atom is -0.449 e. The van der Waals surface area contributed by atoms with Crippen LogP contribution in [-0.2, 0) is 11.2 Å². The molecule has 3 rings (SSSR count). The Morgan fingerprint density at radius 1 is 1.38 bits per heavy atom. The molecular weight excluding hydrogens is 268 g/mol. The molecule has 0 radical (unpaired) electrons. The Kier molecular flexibility index (Phi) is 3.92. The molecule has 2 heterocycles. The fourth-order valence-electron chi connectivity index (χ4n) is 2.77. The monoisotopic (exact) mass is 286 g/mol. The van der Waals surface area contributed by atoms with E-state index in [1.807, 2.05) is 18.2 Å². The average molecular weight is 286 g/mol. The Morgan fingerprint density at radius 3 is 3.10 bits per heavy atom. The van der Waals surface area contributed by atoms with E-state index in [0.29, 0.717) is 12.3 Å². The molecule has 0 atom stereocenters. The Morgan fingerprint density at radius 2 is 2.24 bits per heavy atom. The summed E-state index contributed by atoms with van der Waals surface area (Å²) in [5, 5.41) is 9.92. The first-order valence-corrected chi connectivity index (χ1v) is 7.09. The molecule has 0 unspecified atom stereocenters. The summed E-state index contributed by atoms with van der Waals surface area (Å²) in [6.45, 7) is 2.39. The van der Waals surface area contributed by atoms with Gasteiger partial charge in [-0.15, -0.1) is 0 Å². The molecule has 1 aromatic heterocycles. The van der Waals surface area contributed by atoms with Crippen molar-refractivity contribution in [1.29, 1.82) is 0 Å². The number of rotatable bonds is 4. The van der Waals surface area contributed by atoms with Crippen molar-refractivity contribution in [2.45, 2.75) is 12.8 Å². The highest BCUT2D eigenvalue weighted by molar-refractivity contribution is 5.83. The number of nitrogens with one attached hydrogen (secondary N) is 1. The quantitative estimate of drug-likeness (QED) is 0.848. The molecule has 0 aliphatic carbocycles. The number of aromatic amines is 1. The number of carbonyl (C=O) groups is 1. The van der Waals surface area contributed by atoms with E-state index in [1.54, 1.807) is 0 Å². The predicted octanol–water partition coefficient (Wildman–Crippen LogP) is 2.99. The first kappa shape index (κ1) is 13.7. The van der Waals surface area contributed by atoms with Gasteiger partial charge in [-0.2, -0.15) is 0 Å². The third kappa shape index (κ3) is 3.25. The second-order valence-corrected chi connectivity index (χ2v) is 5.21. The van der Waals surface area contributed by atoms with Crippen LogP contribution in [0.2, 0.25) is 0 Å². The summed E-state index contributed by atoms with van der Waals surface area (Å²) in [6.07, 6.45) is 4.44. The van der Waals surface area contributed by atoms with E-state index >= 15 is 0 Å². The molecule has 0 spiro atoms. The minimum atomic E-state index is -1.24. The van der Waals surface area contributed by atoms with Crippen LogP contribution in [0.15, 0.2) is 42.3 Å². The van der Waals surface area contributed by atoms with Gasteiger partial charge >= 0.3 is 6.16 Å². The van der Waals surface area contributed by atoms with Gasteiger partial charge in [0.1, 0.15) is 5.76 Å². The molecule has 1 aliphatic rings. The van der Waals surface area contributed by atoms with Crippen molar-refractivity contribution in [2.75, 3.05) is 19.6 Å². The highest BCUT2D eigenvalue weighted by Gasteiger charge is 2.16. The summed E-state index contributed by atoms with van der Waals surface area (Å²) in [7, 11) is 0. The number of benzene rings is 1. The van der Waals surface area contributed by atoms with E-state index < -0.39 is 6.16 Å². The normalized spacial score (nSPS) is 15.9. The number of fused-ring (bicyclic) bond motifs is 1. The van der Waals surface area contributed by atoms with Crippen LogP contribution in [0, 0.1) is 0 Å². The van der Waals surface area contributed by atoms with E-state index in [9.17, 15) is 4.79 Å². The zero-order chi connectivity index (χ0) is 14.7. The highest BCUT2D eigenvalue weighted by atomic mass is 16.7. The van der Waals surface area contributed by atoms with Crippen molar-refractivity contribution in [3.05, 3.63) is 47.9 Å². The largest absolute Gasteiger partial charge is 0.511 e. The molecular formula is C16H18N2O3. The van der Waals surface area contributed by atoms with Gasteiger partial charge in [-0.25, -0.2) is 4.79 Å². The maximum atomic E-state index is 10.6. The molecule has 0 fully saturated rings. The number of aromatic nitrogens is 1. The van der Waals surface area contributed by atoms with Gasteiger partial charge in [0.05, 0.1) is 6.54 Å². The second kappa shape index (κ2) is 6.01. The third-order valence-corrected chi connectivity index (χ3v) is 3.79. The molecule has 0 saturated carbocycles. The minimum absolute atomic E-state index is 0.535. The number of hydrogen-bond acceptors (Lipinski definition) is 3. The van der Waals surface area contributed by atoms with Crippen LogP contribution in [0.1, 0.15) is 12.0 Å². The number of nitrogens with zero attached hydrogens (tertiary/aromatic N) is 1. The second-order valence-electron chi connectivity index (χ2n) is 5.21. The fourth-order valence-corrected chi connectivity index (χ4v) is 2.77. The Labute approximate surface area is 122 Å². The summed E-state index contributed by atoms with van der Waals surface area (Å²) < 4.78 is 4.76. The third-order valence-electron chi connectivity index (χ3n) is 3.79. The molecule has 110 valence electrons. The average Bonchev–Trinajstić information content (AvgIpc) is 2.88. The SMILES string of the molecule is O=C(O)OC1=CCCN(CCc2c[nH]c3ccccc23)C1. The smallest absolute Gasteiger partial charge is 0.449 e. The molecule has 5 heteroatoms. The lowest BCUT2D eigenvalue weighted by atomic mass is 10.1. The molecule has 0 saturated heterocycles. The summed E-state index contributed by atoms with van der Waals surface area (Å²) in [6, 6.07) is 8.26. The highest BCUT2D eigenvalue weighted by Crippen LogP contribution is 2.19. The first-order chi connectivity index (χ1) is 10.2. The zero-order valence-corrected chi connectivity index (χ0v) is 11.7. The summed E-state index contributed by atoms with van der Waals surface area (Å²) in [5.74, 6) is 0.535. The van der Waals surface area contributed by atoms with Crippen molar-refractivity contribution < 1.29 is 14.6 Å². The lowest BCUT2D eigenvalue weighted by molar-refractivity contribution is 0.106. The molecule has 5 nitrogen and oxygen atoms in total. The van der Waals surface area contributed by atoms with Crippen molar-refractivity contribution in [3.63, 3.8) is 0 Å². The molecule has 0 amide bonds. The number of H-pyrrole nitrogens is 1. The lowest BCUT2D eigenvalue weighted by Gasteiger charge is -2.25. The van der Waals surface area contributed by atoms with Crippen molar-refractivity contribution in [2.24, 2.45) is 0 Å². The van der Waals surface area contributed by atoms with Crippen molar-refractivity contribution >= 4 is 17.1 Å². The molecule has 1 aliphatic heterocycles. The number of ether oxygens (including phenoxy) is 1. The number of para-hydroxylation sites is 1. The van der Waals surface area contributed by atoms with Gasteiger partial charge in [-0.05, 0) is 30.5 Å². The van der Waals surface area contributed by atoms with Crippen LogP contribution in [0.3, 0.4) is 0 Å². The van der Waals surface area contributed by atoms with E-state index in [2.05, 4.69) is 28.2 Å². The molecule has 2 aromatic rings. The van der Waals surface area contributed by atoms with Gasteiger partial charge in [-0.1, -0.05) is 18.2 Å². The Hall–Kier alpha value is -2.27. The van der Waals surface area contributed by atoms with Crippen molar-refractivity contribution in [3.8, 4) is 0 Å². The van der Waals surface area contributed by atoms with E-state index in [1.165, 1.54) is 10.9 Å². The first-order valence-electron chi connectivity index (χ1n) is 7.09. The number of hydrogen-bond donors (Lipinski definition) is 2. The van der Waals surface area contributed by atoms with Crippen molar-refractivity contribution in [1.82, 2.24) is 9.88 Å². The molecule has 1 aromatic carbocycles. The van der Waals surface area contributed by atoms with Crippen LogP contribution >= 0.6 is 0 Å². The standard InChI is InChI=1S/C16H18N2O3/c19-16(20)21-13-4-3-8-18(11-13)9-7-12-10-17-15-6-2-1-5-14(12)15/h1-2,4-6,10,17H,3,7-9,11H2,(H,19,20). The van der Waals surface area contributed by atoms with E-state index in [-0.39, 0.29) is 0 Å². The summed E-state index contributed by atoms with van der Waals surface area (Å²) in [5.41, 5.74) is 2.45. The number of carboxylic acid groups (broad SMARTS) is 1. The predicted molar refractivity (Wildman–Crippen MR) is 80.3 cm³/mol. The Bertz CT molecular complexity index is 675. The molecule has 21 heavy (non-hydrogen) atoms. The van der Waals surface area contributed by atoms with Crippen LogP contribution in [0.4, 0.5) is 4.79 Å². The summed E-state index contributed by atoms with van der Waals surface area (Å²) in [4.78, 5) is 16.1. The maximum absolute atomic E-state index is 10.6. The molecule has 0 bridgehead atoms.